The summed E-state index contributed by atoms with van der Waals surface area (Å²) in [7, 11) is 1.89. The Bertz CT molecular complexity index is 1500. The van der Waals surface area contributed by atoms with Gasteiger partial charge in [-0.3, -0.25) is 9.59 Å². The molecule has 0 saturated carbocycles. The molecule has 1 N–H and O–H groups in total. The van der Waals surface area contributed by atoms with E-state index in [4.69, 9.17) is 0 Å². The summed E-state index contributed by atoms with van der Waals surface area (Å²) in [6.45, 7) is 6.35. The highest BCUT2D eigenvalue weighted by Crippen LogP contribution is 2.25. The Morgan fingerprint density at radius 1 is 0.850 bits per heavy atom. The van der Waals surface area contributed by atoms with Crippen molar-refractivity contribution in [3.63, 3.8) is 0 Å². The Morgan fingerprint density at radius 3 is 2.12 bits per heavy atom. The molecule has 1 aliphatic rings. The van der Waals surface area contributed by atoms with E-state index < -0.39 is 5.82 Å². The summed E-state index contributed by atoms with van der Waals surface area (Å²) in [5.41, 5.74) is 6.08. The van der Waals surface area contributed by atoms with Gasteiger partial charge in [-0.25, -0.2) is 4.39 Å². The SMILES string of the molecule is Cc1ccc(C(=O)Cc2ccc(Nc3ccc(CC(=O)c4ccc(N5CCC(C)CC5)cc4)cc3F)cc2)n1C. The minimum Gasteiger partial charge on any atom is -0.372 e. The summed E-state index contributed by atoms with van der Waals surface area (Å²) in [4.78, 5) is 27.9. The van der Waals surface area contributed by atoms with Gasteiger partial charge in [0, 0.05) is 55.6 Å². The largest absolute Gasteiger partial charge is 0.372 e. The molecule has 206 valence electrons. The Kier molecular flexibility index (Phi) is 8.15. The Balaban J connectivity index is 1.17. The fraction of sp³-hybridized carbons (Fsp3) is 0.294. The van der Waals surface area contributed by atoms with E-state index >= 15 is 0 Å². The Hall–Kier alpha value is -4.19. The first kappa shape index (κ1) is 27.4. The molecule has 4 aromatic rings. The number of anilines is 3. The lowest BCUT2D eigenvalue weighted by Crippen LogP contribution is -2.32. The van der Waals surface area contributed by atoms with Crippen LogP contribution in [0.4, 0.5) is 21.5 Å². The summed E-state index contributed by atoms with van der Waals surface area (Å²) in [6.07, 6.45) is 2.83. The third-order valence-corrected chi connectivity index (χ3v) is 7.99. The van der Waals surface area contributed by atoms with Crippen LogP contribution in [0.2, 0.25) is 0 Å². The smallest absolute Gasteiger partial charge is 0.183 e. The monoisotopic (exact) mass is 537 g/mol. The van der Waals surface area contributed by atoms with Gasteiger partial charge >= 0.3 is 0 Å². The number of nitrogens with zero attached hydrogens (tertiary/aromatic N) is 2. The van der Waals surface area contributed by atoms with Gasteiger partial charge in [-0.15, -0.1) is 0 Å². The number of hydrogen-bond donors (Lipinski definition) is 1. The van der Waals surface area contributed by atoms with Gasteiger partial charge in [0.2, 0.25) is 0 Å². The van der Waals surface area contributed by atoms with Crippen LogP contribution in [0, 0.1) is 18.7 Å². The lowest BCUT2D eigenvalue weighted by Gasteiger charge is -2.32. The third-order valence-electron chi connectivity index (χ3n) is 7.99. The molecular formula is C34H36FN3O2. The van der Waals surface area contributed by atoms with Crippen LogP contribution < -0.4 is 10.2 Å². The van der Waals surface area contributed by atoms with Crippen molar-refractivity contribution >= 4 is 28.6 Å². The number of halogens is 1. The standard InChI is InChI=1S/C34H36FN3O2/c1-23-16-18-38(19-17-23)29-12-8-27(9-13-29)33(39)22-26-7-14-31(30(35)20-26)36-28-10-5-25(6-11-28)21-34(40)32-15-4-24(2)37(32)3/h4-15,20,23,36H,16-19,21-22H2,1-3H3. The molecule has 0 amide bonds. The molecule has 0 radical (unpaired) electrons. The molecule has 1 fully saturated rings. The van der Waals surface area contributed by atoms with Gasteiger partial charge in [-0.1, -0.05) is 25.1 Å². The second-order valence-corrected chi connectivity index (χ2v) is 11.0. The maximum atomic E-state index is 14.9. The van der Waals surface area contributed by atoms with Crippen molar-refractivity contribution in [2.24, 2.45) is 13.0 Å². The minimum absolute atomic E-state index is 0.0328. The zero-order valence-corrected chi connectivity index (χ0v) is 23.4. The molecule has 6 heteroatoms. The van der Waals surface area contributed by atoms with Gasteiger partial charge in [0.05, 0.1) is 11.4 Å². The summed E-state index contributed by atoms with van der Waals surface area (Å²) >= 11 is 0. The van der Waals surface area contributed by atoms with E-state index in [1.54, 1.807) is 12.1 Å². The molecule has 0 aliphatic carbocycles. The van der Waals surface area contributed by atoms with Crippen molar-refractivity contribution in [2.45, 2.75) is 39.5 Å². The second-order valence-electron chi connectivity index (χ2n) is 11.0. The highest BCUT2D eigenvalue weighted by Gasteiger charge is 2.17. The first-order valence-electron chi connectivity index (χ1n) is 13.9. The average molecular weight is 538 g/mol. The first-order chi connectivity index (χ1) is 19.3. The highest BCUT2D eigenvalue weighted by molar-refractivity contribution is 5.98. The minimum atomic E-state index is -0.418. The number of carbonyl (C=O) groups is 2. The number of aryl methyl sites for hydroxylation is 1. The maximum absolute atomic E-state index is 14.9. The van der Waals surface area contributed by atoms with Gasteiger partial charge in [-0.05, 0) is 97.5 Å². The molecular weight excluding hydrogens is 501 g/mol. The van der Waals surface area contributed by atoms with Crippen LogP contribution in [-0.2, 0) is 19.9 Å². The predicted molar refractivity (Wildman–Crippen MR) is 159 cm³/mol. The zero-order chi connectivity index (χ0) is 28.2. The predicted octanol–water partition coefficient (Wildman–Crippen LogP) is 7.30. The van der Waals surface area contributed by atoms with E-state index in [1.807, 2.05) is 79.2 Å². The number of piperidine rings is 1. The molecule has 0 unspecified atom stereocenters. The van der Waals surface area contributed by atoms with Crippen LogP contribution in [0.15, 0.2) is 78.9 Å². The van der Waals surface area contributed by atoms with Crippen LogP contribution in [0.5, 0.6) is 0 Å². The van der Waals surface area contributed by atoms with Gasteiger partial charge < -0.3 is 14.8 Å². The molecule has 40 heavy (non-hydrogen) atoms. The number of aromatic nitrogens is 1. The summed E-state index contributed by atoms with van der Waals surface area (Å²) in [5, 5.41) is 3.10. The number of benzene rings is 3. The fourth-order valence-electron chi connectivity index (χ4n) is 5.21. The van der Waals surface area contributed by atoms with Gasteiger partial charge in [0.15, 0.2) is 11.6 Å². The van der Waals surface area contributed by atoms with Gasteiger partial charge in [0.1, 0.15) is 5.82 Å². The summed E-state index contributed by atoms with van der Waals surface area (Å²) in [5.74, 6) is 0.374. The molecule has 0 spiro atoms. The van der Waals surface area contributed by atoms with Crippen molar-refractivity contribution in [1.82, 2.24) is 4.57 Å². The van der Waals surface area contributed by atoms with Crippen molar-refractivity contribution in [3.8, 4) is 0 Å². The average Bonchev–Trinajstić information content (AvgIpc) is 3.29. The molecule has 5 nitrogen and oxygen atoms in total. The van der Waals surface area contributed by atoms with E-state index in [0.29, 0.717) is 28.9 Å². The third kappa shape index (κ3) is 6.33. The Labute approximate surface area is 235 Å². The van der Waals surface area contributed by atoms with Crippen LogP contribution in [0.1, 0.15) is 57.4 Å². The van der Waals surface area contributed by atoms with Crippen molar-refractivity contribution in [1.29, 1.82) is 0 Å². The normalized spacial score (nSPS) is 13.8. The van der Waals surface area contributed by atoms with Crippen LogP contribution in [0.3, 0.4) is 0 Å². The zero-order valence-electron chi connectivity index (χ0n) is 23.4. The molecule has 5 rings (SSSR count). The van der Waals surface area contributed by atoms with Gasteiger partial charge in [0.25, 0.3) is 0 Å². The second kappa shape index (κ2) is 11.9. The van der Waals surface area contributed by atoms with E-state index in [2.05, 4.69) is 17.1 Å². The number of carbonyl (C=O) groups excluding carboxylic acids is 2. The fourth-order valence-corrected chi connectivity index (χ4v) is 5.21. The molecule has 1 saturated heterocycles. The number of ketones is 2. The van der Waals surface area contributed by atoms with E-state index in [9.17, 15) is 14.0 Å². The number of rotatable bonds is 9. The molecule has 3 aromatic carbocycles. The molecule has 1 aromatic heterocycles. The van der Waals surface area contributed by atoms with E-state index in [-0.39, 0.29) is 18.0 Å². The Morgan fingerprint density at radius 2 is 1.50 bits per heavy atom. The highest BCUT2D eigenvalue weighted by atomic mass is 19.1. The summed E-state index contributed by atoms with van der Waals surface area (Å²) in [6, 6.07) is 23.8. The van der Waals surface area contributed by atoms with Crippen LogP contribution in [-0.4, -0.2) is 29.2 Å². The lowest BCUT2D eigenvalue weighted by atomic mass is 9.98. The molecule has 2 heterocycles. The van der Waals surface area contributed by atoms with Crippen molar-refractivity contribution in [2.75, 3.05) is 23.3 Å². The van der Waals surface area contributed by atoms with Gasteiger partial charge in [-0.2, -0.15) is 0 Å². The van der Waals surface area contributed by atoms with Crippen molar-refractivity contribution < 1.29 is 14.0 Å². The molecule has 1 aliphatic heterocycles. The topological polar surface area (TPSA) is 54.3 Å². The summed E-state index contributed by atoms with van der Waals surface area (Å²) < 4.78 is 16.8. The first-order valence-corrected chi connectivity index (χ1v) is 13.9. The molecule has 0 atom stereocenters. The number of nitrogens with one attached hydrogen (secondary N) is 1. The van der Waals surface area contributed by atoms with E-state index in [1.165, 1.54) is 18.9 Å². The van der Waals surface area contributed by atoms with Crippen molar-refractivity contribution in [3.05, 3.63) is 113 Å². The number of hydrogen-bond acceptors (Lipinski definition) is 4. The maximum Gasteiger partial charge on any atom is 0.183 e. The number of Topliss-reactive ketones (excluding diaryl/α,β-unsaturated/α-hetero) is 2. The van der Waals surface area contributed by atoms with Crippen LogP contribution in [0.25, 0.3) is 0 Å². The van der Waals surface area contributed by atoms with Crippen LogP contribution >= 0.6 is 0 Å². The molecule has 0 bridgehead atoms. The van der Waals surface area contributed by atoms with E-state index in [0.717, 1.165) is 41.6 Å². The lowest BCUT2D eigenvalue weighted by molar-refractivity contribution is 0.0980. The quantitative estimate of drug-likeness (QED) is 0.228.